The number of hydrogen-bond donors (Lipinski definition) is 1. The Morgan fingerprint density at radius 3 is 2.79 bits per heavy atom. The fourth-order valence-electron chi connectivity index (χ4n) is 1.52. The third-order valence-corrected chi connectivity index (χ3v) is 2.58. The Morgan fingerprint density at radius 1 is 1.42 bits per heavy atom. The Labute approximate surface area is 115 Å². The van der Waals surface area contributed by atoms with E-state index in [1.54, 1.807) is 12.3 Å². The molecule has 1 N–H and O–H groups in total. The average molecular weight is 269 g/mol. The quantitative estimate of drug-likeness (QED) is 0.782. The number of nitrogens with one attached hydrogen (secondary N) is 1. The number of rotatable bonds is 8. The largest absolute Gasteiger partial charge is 0.474 e. The van der Waals surface area contributed by atoms with Crippen LogP contribution in [0.1, 0.15) is 19.4 Å². The molecule has 0 radical (unpaired) electrons. The van der Waals surface area contributed by atoms with Crippen molar-refractivity contribution >= 4 is 0 Å². The Morgan fingerprint density at radius 2 is 2.16 bits per heavy atom. The van der Waals surface area contributed by atoms with Crippen LogP contribution in [0, 0.1) is 11.7 Å². The predicted molar refractivity (Wildman–Crippen MR) is 74.8 cm³/mol. The molecule has 19 heavy (non-hydrogen) atoms. The van der Waals surface area contributed by atoms with Crippen LogP contribution >= 0.6 is 0 Å². The van der Waals surface area contributed by atoms with Crippen molar-refractivity contribution in [3.63, 3.8) is 0 Å². The molecule has 0 atom stereocenters. The smallest absolute Gasteiger partial charge is 0.250 e. The molecular formula is C14H24FN3O. The molecule has 4 nitrogen and oxygen atoms in total. The van der Waals surface area contributed by atoms with E-state index in [0.717, 1.165) is 13.1 Å². The molecule has 0 aromatic carbocycles. The first-order valence-corrected chi connectivity index (χ1v) is 6.62. The molecule has 0 aliphatic heterocycles. The lowest BCUT2D eigenvalue weighted by Crippen LogP contribution is -2.21. The summed E-state index contributed by atoms with van der Waals surface area (Å²) < 4.78 is 19.4. The molecule has 0 fully saturated rings. The van der Waals surface area contributed by atoms with Crippen molar-refractivity contribution in [1.29, 1.82) is 0 Å². The van der Waals surface area contributed by atoms with Gasteiger partial charge in [-0.15, -0.1) is 0 Å². The molecular weight excluding hydrogens is 245 g/mol. The maximum Gasteiger partial charge on any atom is 0.250 e. The Bertz CT molecular complexity index is 351. The Hall–Kier alpha value is -1.20. The number of hydrogen-bond acceptors (Lipinski definition) is 4. The first kappa shape index (κ1) is 15.9. The highest BCUT2D eigenvalue weighted by atomic mass is 19.1. The maximum absolute atomic E-state index is 14.1. The van der Waals surface area contributed by atoms with Crippen molar-refractivity contribution in [1.82, 2.24) is 15.2 Å². The molecule has 0 amide bonds. The van der Waals surface area contributed by atoms with Crippen molar-refractivity contribution in [2.24, 2.45) is 5.92 Å². The zero-order chi connectivity index (χ0) is 14.3. The molecule has 1 aromatic rings. The van der Waals surface area contributed by atoms with Gasteiger partial charge in [0.05, 0.1) is 0 Å². The third kappa shape index (κ3) is 5.98. The monoisotopic (exact) mass is 269 g/mol. The minimum atomic E-state index is -0.363. The predicted octanol–water partition coefficient (Wildman–Crippen LogP) is 1.91. The van der Waals surface area contributed by atoms with Gasteiger partial charge < -0.3 is 15.0 Å². The summed E-state index contributed by atoms with van der Waals surface area (Å²) in [5.41, 5.74) is 0.593. The lowest BCUT2D eigenvalue weighted by atomic mass is 10.2. The lowest BCUT2D eigenvalue weighted by molar-refractivity contribution is 0.243. The van der Waals surface area contributed by atoms with E-state index in [4.69, 9.17) is 4.74 Å². The van der Waals surface area contributed by atoms with Crippen LogP contribution in [-0.4, -0.2) is 43.7 Å². The van der Waals surface area contributed by atoms with E-state index in [1.165, 1.54) is 0 Å². The minimum absolute atomic E-state index is 0.0886. The van der Waals surface area contributed by atoms with E-state index in [0.29, 0.717) is 24.6 Å². The summed E-state index contributed by atoms with van der Waals surface area (Å²) in [5, 5.41) is 3.21. The highest BCUT2D eigenvalue weighted by molar-refractivity contribution is 5.23. The van der Waals surface area contributed by atoms with Gasteiger partial charge in [-0.1, -0.05) is 13.8 Å². The molecule has 0 bridgehead atoms. The van der Waals surface area contributed by atoms with Crippen LogP contribution in [0.25, 0.3) is 0 Å². The van der Waals surface area contributed by atoms with Crippen LogP contribution < -0.4 is 10.1 Å². The van der Waals surface area contributed by atoms with Gasteiger partial charge in [-0.25, -0.2) is 9.37 Å². The summed E-state index contributed by atoms with van der Waals surface area (Å²) in [6.07, 6.45) is 1.58. The van der Waals surface area contributed by atoms with Gasteiger partial charge in [0, 0.05) is 24.8 Å². The molecule has 5 heteroatoms. The first-order valence-electron chi connectivity index (χ1n) is 6.62. The summed E-state index contributed by atoms with van der Waals surface area (Å²) in [4.78, 5) is 5.91. The second-order valence-corrected chi connectivity index (χ2v) is 5.27. The van der Waals surface area contributed by atoms with Crippen LogP contribution in [0.4, 0.5) is 4.39 Å². The second-order valence-electron chi connectivity index (χ2n) is 5.27. The zero-order valence-electron chi connectivity index (χ0n) is 12.2. The summed E-state index contributed by atoms with van der Waals surface area (Å²) in [6, 6.07) is 1.68. The normalized spacial score (nSPS) is 11.3. The van der Waals surface area contributed by atoms with Gasteiger partial charge in [-0.3, -0.25) is 0 Å². The highest BCUT2D eigenvalue weighted by Crippen LogP contribution is 2.17. The average Bonchev–Trinajstić information content (AvgIpc) is 2.32. The van der Waals surface area contributed by atoms with E-state index in [-0.39, 0.29) is 11.7 Å². The molecule has 0 saturated heterocycles. The molecule has 108 valence electrons. The van der Waals surface area contributed by atoms with Gasteiger partial charge in [-0.2, -0.15) is 0 Å². The number of pyridine rings is 1. The van der Waals surface area contributed by atoms with Gasteiger partial charge in [0.15, 0.2) is 5.82 Å². The molecule has 0 aliphatic carbocycles. The summed E-state index contributed by atoms with van der Waals surface area (Å²) >= 11 is 0. The molecule has 1 rings (SSSR count). The zero-order valence-corrected chi connectivity index (χ0v) is 12.2. The van der Waals surface area contributed by atoms with Crippen molar-refractivity contribution in [2.75, 3.05) is 33.8 Å². The lowest BCUT2D eigenvalue weighted by Gasteiger charge is -2.12. The van der Waals surface area contributed by atoms with Crippen LogP contribution in [0.5, 0.6) is 5.88 Å². The third-order valence-electron chi connectivity index (χ3n) is 2.58. The van der Waals surface area contributed by atoms with E-state index < -0.39 is 0 Å². The number of likely N-dealkylation sites (N-methyl/N-ethyl adjacent to an activating group) is 1. The number of aromatic nitrogens is 1. The van der Waals surface area contributed by atoms with Gasteiger partial charge in [0.2, 0.25) is 0 Å². The topological polar surface area (TPSA) is 37.4 Å². The number of halogens is 1. The molecule has 0 spiro atoms. The number of nitrogens with zero attached hydrogens (tertiary/aromatic N) is 2. The van der Waals surface area contributed by atoms with Crippen LogP contribution in [0.15, 0.2) is 12.3 Å². The van der Waals surface area contributed by atoms with Crippen LogP contribution in [-0.2, 0) is 6.54 Å². The minimum Gasteiger partial charge on any atom is -0.474 e. The van der Waals surface area contributed by atoms with E-state index in [9.17, 15) is 4.39 Å². The van der Waals surface area contributed by atoms with Gasteiger partial charge in [0.1, 0.15) is 6.61 Å². The fourth-order valence-corrected chi connectivity index (χ4v) is 1.52. The fraction of sp³-hybridized carbons (Fsp3) is 0.643. The second kappa shape index (κ2) is 8.07. The molecule has 0 unspecified atom stereocenters. The van der Waals surface area contributed by atoms with E-state index >= 15 is 0 Å². The SMILES string of the molecule is CC(C)CNCc1ccnc(OCCN(C)C)c1F. The Balaban J connectivity index is 2.54. The first-order chi connectivity index (χ1) is 9.00. The van der Waals surface area contributed by atoms with Crippen molar-refractivity contribution in [2.45, 2.75) is 20.4 Å². The summed E-state index contributed by atoms with van der Waals surface area (Å²) in [6.45, 7) is 6.75. The van der Waals surface area contributed by atoms with Crippen molar-refractivity contribution in [3.8, 4) is 5.88 Å². The van der Waals surface area contributed by atoms with Crippen LogP contribution in [0.2, 0.25) is 0 Å². The van der Waals surface area contributed by atoms with Gasteiger partial charge in [-0.05, 0) is 32.6 Å². The number of ether oxygens (including phenoxy) is 1. The van der Waals surface area contributed by atoms with E-state index in [1.807, 2.05) is 19.0 Å². The highest BCUT2D eigenvalue weighted by Gasteiger charge is 2.10. The van der Waals surface area contributed by atoms with Crippen molar-refractivity contribution in [3.05, 3.63) is 23.6 Å². The summed E-state index contributed by atoms with van der Waals surface area (Å²) in [5.74, 6) is 0.268. The standard InChI is InChI=1S/C14H24FN3O/c1-11(2)9-16-10-12-5-6-17-14(13(12)15)19-8-7-18(3)4/h5-6,11,16H,7-10H2,1-4H3. The van der Waals surface area contributed by atoms with E-state index in [2.05, 4.69) is 24.1 Å². The molecule has 1 heterocycles. The molecule has 0 saturated carbocycles. The van der Waals surface area contributed by atoms with Crippen molar-refractivity contribution < 1.29 is 9.13 Å². The van der Waals surface area contributed by atoms with Gasteiger partial charge in [0.25, 0.3) is 5.88 Å². The maximum atomic E-state index is 14.1. The summed E-state index contributed by atoms with van der Waals surface area (Å²) in [7, 11) is 3.89. The molecule has 0 aliphatic rings. The van der Waals surface area contributed by atoms with Gasteiger partial charge >= 0.3 is 0 Å². The molecule has 1 aromatic heterocycles. The Kier molecular flexibility index (Phi) is 6.73. The van der Waals surface area contributed by atoms with Crippen LogP contribution in [0.3, 0.4) is 0 Å².